The van der Waals surface area contributed by atoms with Gasteiger partial charge in [0.2, 0.25) is 0 Å². The number of amides is 1. The fraction of sp³-hybridized carbons (Fsp3) is 0.0476. The van der Waals surface area contributed by atoms with Gasteiger partial charge in [-0.25, -0.2) is 14.4 Å². The Morgan fingerprint density at radius 1 is 1.07 bits per heavy atom. The number of nitrogens with zero attached hydrogens (tertiary/aromatic N) is 3. The van der Waals surface area contributed by atoms with Gasteiger partial charge in [-0.05, 0) is 48.0 Å². The van der Waals surface area contributed by atoms with E-state index in [0.717, 1.165) is 0 Å². The summed E-state index contributed by atoms with van der Waals surface area (Å²) in [6.45, 7) is 0. The summed E-state index contributed by atoms with van der Waals surface area (Å²) in [4.78, 5) is 34.6. The van der Waals surface area contributed by atoms with Crippen molar-refractivity contribution in [2.45, 2.75) is 6.04 Å². The molecule has 4 aromatic rings. The van der Waals surface area contributed by atoms with Crippen LogP contribution >= 0.6 is 15.9 Å². The minimum absolute atomic E-state index is 0.316. The number of nitrogens with one attached hydrogen (secondary N) is 1. The average Bonchev–Trinajstić information content (AvgIpc) is 2.71. The molecule has 0 fully saturated rings. The van der Waals surface area contributed by atoms with Crippen molar-refractivity contribution in [3.05, 3.63) is 99.4 Å². The predicted molar refractivity (Wildman–Crippen MR) is 111 cm³/mol. The van der Waals surface area contributed by atoms with E-state index < -0.39 is 23.3 Å². The highest BCUT2D eigenvalue weighted by atomic mass is 79.9. The molecule has 8 heteroatoms. The van der Waals surface area contributed by atoms with Gasteiger partial charge in [0.15, 0.2) is 0 Å². The van der Waals surface area contributed by atoms with E-state index in [-0.39, 0.29) is 0 Å². The van der Waals surface area contributed by atoms with Crippen molar-refractivity contribution in [1.29, 1.82) is 0 Å². The summed E-state index contributed by atoms with van der Waals surface area (Å²) in [7, 11) is 0. The second-order valence-corrected chi connectivity index (χ2v) is 7.20. The number of pyridine rings is 1. The zero-order chi connectivity index (χ0) is 20.4. The van der Waals surface area contributed by atoms with Crippen LogP contribution in [-0.4, -0.2) is 20.4 Å². The maximum atomic E-state index is 13.9. The van der Waals surface area contributed by atoms with Crippen molar-refractivity contribution < 1.29 is 9.18 Å². The Balaban J connectivity index is 1.86. The van der Waals surface area contributed by atoms with Crippen molar-refractivity contribution in [2.75, 3.05) is 5.32 Å². The van der Waals surface area contributed by atoms with Gasteiger partial charge in [0, 0.05) is 10.7 Å². The third-order valence-electron chi connectivity index (χ3n) is 4.35. The Morgan fingerprint density at radius 3 is 2.69 bits per heavy atom. The van der Waals surface area contributed by atoms with Crippen LogP contribution < -0.4 is 10.9 Å². The van der Waals surface area contributed by atoms with E-state index in [2.05, 4.69) is 31.2 Å². The van der Waals surface area contributed by atoms with E-state index in [1.165, 1.54) is 35.3 Å². The highest BCUT2D eigenvalue weighted by molar-refractivity contribution is 9.10. The number of carbonyl (C=O) groups is 1. The van der Waals surface area contributed by atoms with E-state index in [1.807, 2.05) is 0 Å². The molecule has 0 aliphatic carbocycles. The van der Waals surface area contributed by atoms with Crippen LogP contribution in [-0.2, 0) is 4.79 Å². The van der Waals surface area contributed by atoms with Crippen LogP contribution in [0.25, 0.3) is 10.9 Å². The Bertz CT molecular complexity index is 1260. The molecule has 29 heavy (non-hydrogen) atoms. The summed E-state index contributed by atoms with van der Waals surface area (Å²) >= 11 is 3.34. The van der Waals surface area contributed by atoms with Gasteiger partial charge in [0.05, 0.1) is 17.2 Å². The molecule has 0 aliphatic rings. The normalized spacial score (nSPS) is 11.9. The molecule has 1 N–H and O–H groups in total. The lowest BCUT2D eigenvalue weighted by molar-refractivity contribution is -0.118. The van der Waals surface area contributed by atoms with Crippen molar-refractivity contribution in [3.8, 4) is 0 Å². The second kappa shape index (κ2) is 7.92. The van der Waals surface area contributed by atoms with Gasteiger partial charge in [-0.3, -0.25) is 14.2 Å². The maximum absolute atomic E-state index is 13.9. The fourth-order valence-electron chi connectivity index (χ4n) is 3.04. The van der Waals surface area contributed by atoms with E-state index in [0.29, 0.717) is 26.8 Å². The summed E-state index contributed by atoms with van der Waals surface area (Å²) in [5.41, 5.74) is 0.399. The molecule has 0 spiro atoms. The molecular weight excluding hydrogens is 439 g/mol. The van der Waals surface area contributed by atoms with Crippen molar-refractivity contribution in [3.63, 3.8) is 0 Å². The van der Waals surface area contributed by atoms with Crippen LogP contribution in [0.5, 0.6) is 0 Å². The maximum Gasteiger partial charge on any atom is 0.262 e. The molecule has 2 aromatic carbocycles. The zero-order valence-electron chi connectivity index (χ0n) is 14.9. The molecule has 144 valence electrons. The molecule has 2 aromatic heterocycles. The van der Waals surface area contributed by atoms with Gasteiger partial charge in [0.1, 0.15) is 17.7 Å². The second-order valence-electron chi connectivity index (χ2n) is 6.28. The monoisotopic (exact) mass is 452 g/mol. The third kappa shape index (κ3) is 3.93. The number of fused-ring (bicyclic) bond motifs is 1. The molecular formula is C21H14BrFN4O2. The minimum Gasteiger partial charge on any atom is -0.309 e. The SMILES string of the molecule is O=C(Nc1ccccn1)C(c1cccc(F)c1)n1cnc2ccc(Br)cc2c1=O. The van der Waals surface area contributed by atoms with E-state index in [9.17, 15) is 14.0 Å². The number of halogens is 2. The lowest BCUT2D eigenvalue weighted by atomic mass is 10.1. The van der Waals surface area contributed by atoms with Crippen LogP contribution in [0, 0.1) is 5.82 Å². The van der Waals surface area contributed by atoms with E-state index in [1.54, 1.807) is 42.5 Å². The molecule has 4 rings (SSSR count). The van der Waals surface area contributed by atoms with E-state index >= 15 is 0 Å². The number of anilines is 1. The first kappa shape index (κ1) is 18.9. The lowest BCUT2D eigenvalue weighted by Crippen LogP contribution is -2.34. The molecule has 2 heterocycles. The van der Waals surface area contributed by atoms with Gasteiger partial charge < -0.3 is 5.32 Å². The standard InChI is InChI=1S/C21H14BrFN4O2/c22-14-7-8-17-16(11-14)21(29)27(12-25-17)19(13-4-3-5-15(23)10-13)20(28)26-18-6-1-2-9-24-18/h1-12,19H,(H,24,26,28). The molecule has 0 saturated carbocycles. The van der Waals surface area contributed by atoms with Gasteiger partial charge in [0.25, 0.3) is 11.5 Å². The number of rotatable bonds is 4. The van der Waals surface area contributed by atoms with E-state index in [4.69, 9.17) is 0 Å². The van der Waals surface area contributed by atoms with Crippen LogP contribution in [0.15, 0.2) is 82.5 Å². The zero-order valence-corrected chi connectivity index (χ0v) is 16.5. The first-order chi connectivity index (χ1) is 14.0. The molecule has 1 amide bonds. The van der Waals surface area contributed by atoms with Crippen molar-refractivity contribution >= 4 is 38.6 Å². The summed E-state index contributed by atoms with van der Waals surface area (Å²) in [6.07, 6.45) is 2.83. The molecule has 6 nitrogen and oxygen atoms in total. The van der Waals surface area contributed by atoms with Gasteiger partial charge in [-0.2, -0.15) is 0 Å². The van der Waals surface area contributed by atoms with Crippen molar-refractivity contribution in [1.82, 2.24) is 14.5 Å². The average molecular weight is 453 g/mol. The topological polar surface area (TPSA) is 76.9 Å². The molecule has 0 aliphatic heterocycles. The third-order valence-corrected chi connectivity index (χ3v) is 4.85. The Kier molecular flexibility index (Phi) is 5.18. The number of benzene rings is 2. The summed E-state index contributed by atoms with van der Waals surface area (Å²) in [5.74, 6) is -0.723. The van der Waals surface area contributed by atoms with Crippen LogP contribution in [0.3, 0.4) is 0 Å². The predicted octanol–water partition coefficient (Wildman–Crippen LogP) is 3.92. The lowest BCUT2D eigenvalue weighted by Gasteiger charge is -2.20. The highest BCUT2D eigenvalue weighted by Gasteiger charge is 2.25. The van der Waals surface area contributed by atoms with Gasteiger partial charge >= 0.3 is 0 Å². The number of carbonyl (C=O) groups excluding carboxylic acids is 1. The molecule has 1 unspecified atom stereocenters. The minimum atomic E-state index is -1.13. The largest absolute Gasteiger partial charge is 0.309 e. The molecule has 1 atom stereocenters. The van der Waals surface area contributed by atoms with Crippen LogP contribution in [0.1, 0.15) is 11.6 Å². The van der Waals surface area contributed by atoms with Crippen LogP contribution in [0.2, 0.25) is 0 Å². The van der Waals surface area contributed by atoms with Crippen molar-refractivity contribution in [2.24, 2.45) is 0 Å². The molecule has 0 radical (unpaired) electrons. The van der Waals surface area contributed by atoms with Gasteiger partial charge in [-0.15, -0.1) is 0 Å². The Hall–Kier alpha value is -3.39. The number of hydrogen-bond donors (Lipinski definition) is 1. The first-order valence-corrected chi connectivity index (χ1v) is 9.46. The van der Waals surface area contributed by atoms with Crippen LogP contribution in [0.4, 0.5) is 10.2 Å². The molecule has 0 bridgehead atoms. The fourth-order valence-corrected chi connectivity index (χ4v) is 3.40. The first-order valence-electron chi connectivity index (χ1n) is 8.67. The summed E-state index contributed by atoms with van der Waals surface area (Å²) in [5, 5.41) is 3.02. The van der Waals surface area contributed by atoms with Gasteiger partial charge in [-0.1, -0.05) is 34.1 Å². The summed E-state index contributed by atoms with van der Waals surface area (Å²) in [6, 6.07) is 14.6. The Morgan fingerprint density at radius 2 is 1.93 bits per heavy atom. The smallest absolute Gasteiger partial charge is 0.262 e. The Labute approximate surface area is 173 Å². The quantitative estimate of drug-likeness (QED) is 0.508. The molecule has 0 saturated heterocycles. The summed E-state index contributed by atoms with van der Waals surface area (Å²) < 4.78 is 15.8. The number of aromatic nitrogens is 3. The highest BCUT2D eigenvalue weighted by Crippen LogP contribution is 2.22. The number of hydrogen-bond acceptors (Lipinski definition) is 4.